The first-order valence-corrected chi connectivity index (χ1v) is 19.8. The third kappa shape index (κ3) is 6.56. The van der Waals surface area contributed by atoms with Gasteiger partial charge in [0, 0.05) is 11.8 Å². The van der Waals surface area contributed by atoms with Crippen LogP contribution in [-0.2, 0) is 28.5 Å². The van der Waals surface area contributed by atoms with Crippen molar-refractivity contribution in [3.63, 3.8) is 0 Å². The van der Waals surface area contributed by atoms with E-state index in [2.05, 4.69) is 27.7 Å². The maximum Gasteiger partial charge on any atom is 0.189 e. The molecule has 0 aromatic rings. The average Bonchev–Trinajstić information content (AvgIpc) is 3.48. The van der Waals surface area contributed by atoms with Crippen LogP contribution in [0.4, 0.5) is 0 Å². The van der Waals surface area contributed by atoms with E-state index < -0.39 is 74.3 Å². The molecule has 7 N–H and O–H groups in total. The van der Waals surface area contributed by atoms with Crippen LogP contribution in [0.15, 0.2) is 11.6 Å². The van der Waals surface area contributed by atoms with Crippen molar-refractivity contribution in [2.75, 3.05) is 6.61 Å². The van der Waals surface area contributed by atoms with Crippen molar-refractivity contribution in [1.82, 2.24) is 0 Å². The van der Waals surface area contributed by atoms with Crippen LogP contribution in [0.25, 0.3) is 0 Å². The van der Waals surface area contributed by atoms with E-state index in [4.69, 9.17) is 23.7 Å². The Labute approximate surface area is 306 Å². The number of hydrogen-bond donors (Lipinski definition) is 7. The Kier molecular flexibility index (Phi) is 11.1. The molecule has 0 spiro atoms. The van der Waals surface area contributed by atoms with Crippen molar-refractivity contribution in [3.05, 3.63) is 11.6 Å². The normalized spacial score (nSPS) is 54.5. The van der Waals surface area contributed by atoms with Crippen LogP contribution in [0, 0.1) is 46.3 Å². The molecule has 21 atom stereocenters. The van der Waals surface area contributed by atoms with Gasteiger partial charge in [0.25, 0.3) is 0 Å². The second kappa shape index (κ2) is 14.8. The molecule has 52 heavy (non-hydrogen) atoms. The first-order valence-electron chi connectivity index (χ1n) is 19.8. The Bertz CT molecular complexity index is 1330. The van der Waals surface area contributed by atoms with E-state index in [-0.39, 0.29) is 46.6 Å². The summed E-state index contributed by atoms with van der Waals surface area (Å²) in [4.78, 5) is 14.0. The predicted octanol–water partition coefficient (Wildman–Crippen LogP) is 1.55. The van der Waals surface area contributed by atoms with Crippen LogP contribution >= 0.6 is 0 Å². The predicted molar refractivity (Wildman–Crippen MR) is 184 cm³/mol. The first kappa shape index (κ1) is 39.2. The summed E-state index contributed by atoms with van der Waals surface area (Å²) >= 11 is 0. The van der Waals surface area contributed by atoms with Gasteiger partial charge in [0.1, 0.15) is 42.7 Å². The minimum atomic E-state index is -1.51. The second-order valence-corrected chi connectivity index (χ2v) is 17.9. The van der Waals surface area contributed by atoms with Crippen LogP contribution in [0.3, 0.4) is 0 Å². The molecule has 4 aliphatic carbocycles. The molecule has 7 aliphatic rings. The maximum absolute atomic E-state index is 14.0. The SMILES string of the molecule is CC1OC(O[C@@H]2O[C@H]([C@@H](C)C3CCC4C5=CC(=O)C6C[C@@H](OC7OC(CO)C(O)C(O)C7O)CC[C@]6(C)C5CC[C@@]43C)CC[C@H]2C)C(O)C(O)C1O. The highest BCUT2D eigenvalue weighted by molar-refractivity contribution is 5.94. The number of rotatable bonds is 7. The fourth-order valence-electron chi connectivity index (χ4n) is 11.7. The summed E-state index contributed by atoms with van der Waals surface area (Å²) in [6.45, 7) is 10.1. The number of carbonyl (C=O) groups excluding carboxylic acids is 1. The monoisotopic (exact) mass is 738 g/mol. The van der Waals surface area contributed by atoms with Crippen molar-refractivity contribution in [2.24, 2.45) is 46.3 Å². The minimum absolute atomic E-state index is 0.00970. The zero-order chi connectivity index (χ0) is 37.4. The van der Waals surface area contributed by atoms with Gasteiger partial charge < -0.3 is 59.4 Å². The van der Waals surface area contributed by atoms with Crippen molar-refractivity contribution in [3.8, 4) is 0 Å². The van der Waals surface area contributed by atoms with E-state index in [9.17, 15) is 40.5 Å². The summed E-state index contributed by atoms with van der Waals surface area (Å²) in [7, 11) is 0. The van der Waals surface area contributed by atoms with Gasteiger partial charge in [-0.3, -0.25) is 4.79 Å². The molecule has 3 heterocycles. The summed E-state index contributed by atoms with van der Waals surface area (Å²) in [6.07, 6.45) is -3.71. The quantitative estimate of drug-likeness (QED) is 0.198. The molecule has 13 nitrogen and oxygen atoms in total. The molecule has 3 aliphatic heterocycles. The number of aliphatic hydroxyl groups excluding tert-OH is 7. The van der Waals surface area contributed by atoms with Gasteiger partial charge >= 0.3 is 0 Å². The topological polar surface area (TPSA) is 205 Å². The van der Waals surface area contributed by atoms with E-state index in [1.807, 2.05) is 6.08 Å². The lowest BCUT2D eigenvalue weighted by Gasteiger charge is -2.57. The van der Waals surface area contributed by atoms with Crippen LogP contribution in [0.5, 0.6) is 0 Å². The minimum Gasteiger partial charge on any atom is -0.394 e. The van der Waals surface area contributed by atoms with Gasteiger partial charge in [0.05, 0.1) is 24.9 Å². The smallest absolute Gasteiger partial charge is 0.189 e. The highest BCUT2D eigenvalue weighted by Crippen LogP contribution is 2.67. The molecule has 14 unspecified atom stereocenters. The van der Waals surface area contributed by atoms with Gasteiger partial charge in [-0.05, 0) is 105 Å². The fourth-order valence-corrected chi connectivity index (χ4v) is 11.7. The van der Waals surface area contributed by atoms with E-state index >= 15 is 0 Å². The molecule has 6 fully saturated rings. The third-order valence-electron chi connectivity index (χ3n) is 15.1. The number of allylic oxidation sites excluding steroid dienone is 2. The number of fused-ring (bicyclic) bond motifs is 5. The van der Waals surface area contributed by atoms with E-state index in [1.165, 1.54) is 5.57 Å². The zero-order valence-corrected chi connectivity index (χ0v) is 31.2. The molecular weight excluding hydrogens is 676 g/mol. The van der Waals surface area contributed by atoms with Crippen molar-refractivity contribution in [1.29, 1.82) is 0 Å². The first-order chi connectivity index (χ1) is 24.6. The lowest BCUT2D eigenvalue weighted by Crippen LogP contribution is -2.60. The lowest BCUT2D eigenvalue weighted by atomic mass is 9.47. The van der Waals surface area contributed by atoms with Gasteiger partial charge in [0.2, 0.25) is 0 Å². The molecular formula is C39H62O13. The van der Waals surface area contributed by atoms with Crippen molar-refractivity contribution in [2.45, 2.75) is 172 Å². The molecule has 0 aromatic heterocycles. The molecule has 0 radical (unpaired) electrons. The third-order valence-corrected chi connectivity index (χ3v) is 15.1. The van der Waals surface area contributed by atoms with Crippen LogP contribution < -0.4 is 0 Å². The summed E-state index contributed by atoms with van der Waals surface area (Å²) in [6, 6.07) is 0. The summed E-state index contributed by atoms with van der Waals surface area (Å²) < 4.78 is 30.3. The Morgan fingerprint density at radius 3 is 2.10 bits per heavy atom. The Morgan fingerprint density at radius 2 is 1.38 bits per heavy atom. The molecule has 0 bridgehead atoms. The van der Waals surface area contributed by atoms with Gasteiger partial charge in [0.15, 0.2) is 24.7 Å². The summed E-state index contributed by atoms with van der Waals surface area (Å²) in [5.41, 5.74) is 1.09. The highest BCUT2D eigenvalue weighted by Gasteiger charge is 2.61. The van der Waals surface area contributed by atoms with E-state index in [0.29, 0.717) is 30.6 Å². The molecule has 0 aromatic carbocycles. The summed E-state index contributed by atoms with van der Waals surface area (Å²) in [5, 5.41) is 71.6. The van der Waals surface area contributed by atoms with Crippen LogP contribution in [-0.4, -0.2) is 128 Å². The summed E-state index contributed by atoms with van der Waals surface area (Å²) in [5.74, 6) is 1.16. The lowest BCUT2D eigenvalue weighted by molar-refractivity contribution is -0.352. The van der Waals surface area contributed by atoms with Gasteiger partial charge in [-0.1, -0.05) is 33.3 Å². The standard InChI is InChI=1S/C39H62O13/c1-17-6-9-27(50-35(17)52-36-33(46)31(44)29(42)19(3)48-36)18(2)22-7-8-23-21-15-26(41)25-14-20(10-12-39(25,5)24(21)11-13-38(22,23)4)49-37-34(47)32(45)30(43)28(16-40)51-37/h15,17-20,22-25,27-37,40,42-47H,6-14,16H2,1-5H3/t17-,18+,19?,20+,22?,23?,24?,25?,27+,28?,29?,30?,31?,32?,33?,34?,35+,36?,37?,38-,39-/m1/s1. The van der Waals surface area contributed by atoms with Crippen molar-refractivity contribution >= 4 is 5.78 Å². The molecule has 13 heteroatoms. The Balaban J connectivity index is 1.02. The zero-order valence-electron chi connectivity index (χ0n) is 31.2. The molecule has 3 saturated heterocycles. The van der Waals surface area contributed by atoms with Gasteiger partial charge in [-0.25, -0.2) is 0 Å². The number of aliphatic hydroxyl groups is 7. The Hall–Kier alpha value is -1.07. The van der Waals surface area contributed by atoms with Gasteiger partial charge in [-0.2, -0.15) is 0 Å². The second-order valence-electron chi connectivity index (χ2n) is 17.9. The number of ether oxygens (including phenoxy) is 5. The maximum atomic E-state index is 14.0. The van der Waals surface area contributed by atoms with E-state index in [0.717, 1.165) is 44.9 Å². The number of hydrogen-bond acceptors (Lipinski definition) is 13. The largest absolute Gasteiger partial charge is 0.394 e. The van der Waals surface area contributed by atoms with Crippen LogP contribution in [0.1, 0.15) is 92.4 Å². The number of carbonyl (C=O) groups is 1. The fraction of sp³-hybridized carbons (Fsp3) is 0.923. The van der Waals surface area contributed by atoms with Crippen LogP contribution in [0.2, 0.25) is 0 Å². The Morgan fingerprint density at radius 1 is 0.731 bits per heavy atom. The highest BCUT2D eigenvalue weighted by atomic mass is 16.8. The molecule has 296 valence electrons. The molecule has 0 amide bonds. The molecule has 3 saturated carbocycles. The van der Waals surface area contributed by atoms with E-state index in [1.54, 1.807) is 6.92 Å². The van der Waals surface area contributed by atoms with Gasteiger partial charge in [-0.15, -0.1) is 0 Å². The van der Waals surface area contributed by atoms with Crippen molar-refractivity contribution < 1.29 is 64.2 Å². The number of ketones is 1. The average molecular weight is 739 g/mol. The molecule has 7 rings (SSSR count).